The molecule has 3 aromatic carbocycles. The van der Waals surface area contributed by atoms with E-state index < -0.39 is 44.5 Å². The number of halogens is 2. The smallest absolute Gasteiger partial charge is 0.267 e. The van der Waals surface area contributed by atoms with Gasteiger partial charge in [-0.15, -0.1) is 0 Å². The van der Waals surface area contributed by atoms with Crippen molar-refractivity contribution in [1.29, 1.82) is 0 Å². The highest BCUT2D eigenvalue weighted by molar-refractivity contribution is 7.90. The summed E-state index contributed by atoms with van der Waals surface area (Å²) in [7, 11) is -4.81. The first-order valence-corrected chi connectivity index (χ1v) is 17.0. The first kappa shape index (κ1) is 36.7. The van der Waals surface area contributed by atoms with Crippen LogP contribution in [-0.4, -0.2) is 61.1 Å². The summed E-state index contributed by atoms with van der Waals surface area (Å²) in [5.41, 5.74) is 0.591. The highest BCUT2D eigenvalue weighted by Gasteiger charge is 2.30. The van der Waals surface area contributed by atoms with E-state index in [4.69, 9.17) is 0 Å². The van der Waals surface area contributed by atoms with Crippen LogP contribution in [-0.2, 0) is 37.4 Å². The van der Waals surface area contributed by atoms with Gasteiger partial charge in [0.05, 0.1) is 5.92 Å². The number of rotatable bonds is 16. The van der Waals surface area contributed by atoms with Gasteiger partial charge in [0.15, 0.2) is 0 Å². The number of sulfonamides is 1. The van der Waals surface area contributed by atoms with Crippen molar-refractivity contribution in [3.63, 3.8) is 0 Å². The van der Waals surface area contributed by atoms with Crippen LogP contribution in [0.3, 0.4) is 0 Å². The van der Waals surface area contributed by atoms with Crippen molar-refractivity contribution in [3.8, 4) is 11.1 Å². The Hall–Kier alpha value is -3.81. The third kappa shape index (κ3) is 9.84. The van der Waals surface area contributed by atoms with Gasteiger partial charge in [-0.25, -0.2) is 21.9 Å². The molecule has 0 aliphatic rings. The molecule has 0 aliphatic heterocycles. The standard InChI is InChI=1S/C33H39F2N3O6S2/c1-3-4-14-29(40)38(18-17-36-33(42)26(21-45)19-24-12-8-9-13-28(24)34)20-25-15-16-27(23-10-6-5-7-11-23)31(30(25)35)46(43,44)37-32(41)22(2)39/h5-13,15-16,22,26,39,45H,3-4,14,17-21H2,1-2H3,(H,36,42)(H,37,41)/t22-,26+/m0/s1. The lowest BCUT2D eigenvalue weighted by molar-refractivity contribution is -0.132. The first-order valence-electron chi connectivity index (χ1n) is 14.9. The van der Waals surface area contributed by atoms with Crippen LogP contribution in [0.1, 0.15) is 44.2 Å². The first-order chi connectivity index (χ1) is 21.9. The molecule has 3 N–H and O–H groups in total. The van der Waals surface area contributed by atoms with Crippen molar-refractivity contribution in [3.05, 3.63) is 89.5 Å². The molecule has 0 heterocycles. The van der Waals surface area contributed by atoms with Crippen LogP contribution in [0.25, 0.3) is 11.1 Å². The molecule has 3 aromatic rings. The number of hydrogen-bond acceptors (Lipinski definition) is 7. The molecule has 3 amide bonds. The molecule has 0 saturated heterocycles. The molecule has 3 rings (SSSR count). The summed E-state index contributed by atoms with van der Waals surface area (Å²) in [6.45, 7) is 2.64. The molecule has 0 unspecified atom stereocenters. The van der Waals surface area contributed by atoms with E-state index in [0.717, 1.165) is 13.3 Å². The second-order valence-electron chi connectivity index (χ2n) is 10.8. The Bertz CT molecular complexity index is 1620. The molecule has 0 radical (unpaired) electrons. The van der Waals surface area contributed by atoms with E-state index in [2.05, 4.69) is 17.9 Å². The zero-order valence-corrected chi connectivity index (χ0v) is 27.4. The lowest BCUT2D eigenvalue weighted by atomic mass is 9.99. The normalized spacial score (nSPS) is 12.7. The van der Waals surface area contributed by atoms with E-state index in [1.54, 1.807) is 53.3 Å². The second-order valence-corrected chi connectivity index (χ2v) is 12.8. The fourth-order valence-corrected chi connectivity index (χ4v) is 6.38. The minimum atomic E-state index is -4.81. The number of carbonyl (C=O) groups excluding carboxylic acids is 3. The maximum atomic E-state index is 16.2. The lowest BCUT2D eigenvalue weighted by Gasteiger charge is -2.25. The summed E-state index contributed by atoms with van der Waals surface area (Å²) in [4.78, 5) is 38.8. The molecule has 0 aromatic heterocycles. The average molecular weight is 676 g/mol. The summed E-state index contributed by atoms with van der Waals surface area (Å²) in [5.74, 6) is -4.03. The molecule has 0 fully saturated rings. The van der Waals surface area contributed by atoms with E-state index in [1.807, 2.05) is 6.92 Å². The number of thiol groups is 1. The van der Waals surface area contributed by atoms with Gasteiger partial charge < -0.3 is 15.3 Å². The minimum Gasteiger partial charge on any atom is -0.384 e. The Morgan fingerprint density at radius 3 is 2.26 bits per heavy atom. The lowest BCUT2D eigenvalue weighted by Crippen LogP contribution is -2.41. The third-order valence-corrected chi connectivity index (χ3v) is 9.15. The molecular weight excluding hydrogens is 637 g/mol. The van der Waals surface area contributed by atoms with E-state index in [9.17, 15) is 32.3 Å². The Balaban J connectivity index is 1.89. The maximum absolute atomic E-state index is 16.2. The fourth-order valence-electron chi connectivity index (χ4n) is 4.71. The molecule has 0 saturated carbocycles. The highest BCUT2D eigenvalue weighted by Crippen LogP contribution is 2.32. The summed E-state index contributed by atoms with van der Waals surface area (Å²) in [6.07, 6.45) is -0.107. The topological polar surface area (TPSA) is 133 Å². The van der Waals surface area contributed by atoms with Crippen LogP contribution in [0, 0.1) is 17.6 Å². The molecule has 0 aliphatic carbocycles. The highest BCUT2D eigenvalue weighted by atomic mass is 32.2. The number of nitrogens with one attached hydrogen (secondary N) is 2. The van der Waals surface area contributed by atoms with E-state index >= 15 is 4.39 Å². The van der Waals surface area contributed by atoms with Crippen molar-refractivity contribution < 1.29 is 36.7 Å². The molecule has 2 atom stereocenters. The van der Waals surface area contributed by atoms with Gasteiger partial charge in [0.25, 0.3) is 15.9 Å². The monoisotopic (exact) mass is 675 g/mol. The van der Waals surface area contributed by atoms with Crippen LogP contribution in [0.2, 0.25) is 0 Å². The van der Waals surface area contributed by atoms with E-state index in [1.165, 1.54) is 23.1 Å². The number of benzene rings is 3. The minimum absolute atomic E-state index is 0.00241. The number of nitrogens with zero attached hydrogens (tertiary/aromatic N) is 1. The fraction of sp³-hybridized carbons (Fsp3) is 0.364. The van der Waals surface area contributed by atoms with Crippen molar-refractivity contribution >= 4 is 40.4 Å². The van der Waals surface area contributed by atoms with Crippen molar-refractivity contribution in [2.75, 3.05) is 18.8 Å². The number of carbonyl (C=O) groups is 3. The van der Waals surface area contributed by atoms with Gasteiger partial charge in [0.2, 0.25) is 11.8 Å². The molecule has 248 valence electrons. The quantitative estimate of drug-likeness (QED) is 0.168. The Morgan fingerprint density at radius 1 is 0.957 bits per heavy atom. The molecule has 0 bridgehead atoms. The summed E-state index contributed by atoms with van der Waals surface area (Å²) < 4.78 is 58.8. The Kier molecular flexibility index (Phi) is 13.7. The van der Waals surface area contributed by atoms with Crippen LogP contribution < -0.4 is 10.0 Å². The van der Waals surface area contributed by atoms with Gasteiger partial charge in [-0.1, -0.05) is 74.0 Å². The van der Waals surface area contributed by atoms with Gasteiger partial charge in [-0.2, -0.15) is 12.6 Å². The van der Waals surface area contributed by atoms with Crippen LogP contribution >= 0.6 is 12.6 Å². The summed E-state index contributed by atoms with van der Waals surface area (Å²) in [6, 6.07) is 17.1. The third-order valence-electron chi connectivity index (χ3n) is 7.30. The zero-order valence-electron chi connectivity index (χ0n) is 25.7. The SMILES string of the molecule is CCCCC(=O)N(CCNC(=O)[C@@H](CS)Cc1ccccc1F)Cc1ccc(-c2ccccc2)c(S(=O)(=O)NC(=O)[C@H](C)O)c1F. The molecule has 13 heteroatoms. The predicted octanol–water partition coefficient (Wildman–Crippen LogP) is 4.24. The van der Waals surface area contributed by atoms with Gasteiger partial charge in [0.1, 0.15) is 22.6 Å². The van der Waals surface area contributed by atoms with Crippen LogP contribution in [0.15, 0.2) is 71.6 Å². The van der Waals surface area contributed by atoms with Crippen molar-refractivity contribution in [2.45, 2.75) is 57.1 Å². The van der Waals surface area contributed by atoms with Crippen LogP contribution in [0.5, 0.6) is 0 Å². The predicted molar refractivity (Wildman–Crippen MR) is 174 cm³/mol. The molecule has 0 spiro atoms. The molecule has 46 heavy (non-hydrogen) atoms. The molecular formula is C33H39F2N3O6S2. The van der Waals surface area contributed by atoms with Gasteiger partial charge >= 0.3 is 0 Å². The largest absolute Gasteiger partial charge is 0.384 e. The summed E-state index contributed by atoms with van der Waals surface area (Å²) in [5, 5.41) is 12.3. The summed E-state index contributed by atoms with van der Waals surface area (Å²) >= 11 is 4.25. The number of amides is 3. The second kappa shape index (κ2) is 17.2. The van der Waals surface area contributed by atoms with E-state index in [-0.39, 0.29) is 61.2 Å². The Morgan fingerprint density at radius 2 is 1.63 bits per heavy atom. The maximum Gasteiger partial charge on any atom is 0.267 e. The zero-order chi connectivity index (χ0) is 33.9. The van der Waals surface area contributed by atoms with Crippen molar-refractivity contribution in [2.24, 2.45) is 5.92 Å². The number of hydrogen-bond donors (Lipinski definition) is 4. The van der Waals surface area contributed by atoms with Crippen LogP contribution in [0.4, 0.5) is 8.78 Å². The number of aliphatic hydroxyl groups excluding tert-OH is 1. The van der Waals surface area contributed by atoms with Gasteiger partial charge in [0, 0.05) is 42.9 Å². The molecule has 9 nitrogen and oxygen atoms in total. The average Bonchev–Trinajstić information content (AvgIpc) is 3.03. The van der Waals surface area contributed by atoms with Crippen molar-refractivity contribution in [1.82, 2.24) is 14.9 Å². The van der Waals surface area contributed by atoms with E-state index in [0.29, 0.717) is 17.5 Å². The van der Waals surface area contributed by atoms with Gasteiger partial charge in [-0.3, -0.25) is 14.4 Å². The number of unbranched alkanes of at least 4 members (excludes halogenated alkanes) is 1. The Labute approximate surface area is 273 Å². The number of aliphatic hydroxyl groups is 1. The van der Waals surface area contributed by atoms with Gasteiger partial charge in [-0.05, 0) is 37.0 Å².